The zero-order valence-electron chi connectivity index (χ0n) is 17.1. The molecule has 0 atom stereocenters. The Bertz CT molecular complexity index is 984. The molecule has 156 valence electrons. The van der Waals surface area contributed by atoms with Gasteiger partial charge in [-0.25, -0.2) is 4.98 Å². The molecule has 0 bridgehead atoms. The maximum atomic E-state index is 13.3. The lowest BCUT2D eigenvalue weighted by atomic mass is 9.97. The number of nitrogens with one attached hydrogen (secondary N) is 1. The highest BCUT2D eigenvalue weighted by atomic mass is 32.2. The molecule has 0 spiro atoms. The van der Waals surface area contributed by atoms with Crippen LogP contribution in [-0.4, -0.2) is 42.5 Å². The van der Waals surface area contributed by atoms with Crippen LogP contribution in [0.15, 0.2) is 33.7 Å². The van der Waals surface area contributed by atoms with Gasteiger partial charge in [0.1, 0.15) is 0 Å². The molecule has 0 saturated heterocycles. The van der Waals surface area contributed by atoms with Gasteiger partial charge in [0.05, 0.1) is 30.9 Å². The van der Waals surface area contributed by atoms with E-state index in [2.05, 4.69) is 16.4 Å². The molecule has 1 aromatic heterocycles. The summed E-state index contributed by atoms with van der Waals surface area (Å²) in [5.74, 6) is 1.09. The van der Waals surface area contributed by atoms with Crippen molar-refractivity contribution in [3.05, 3.63) is 34.1 Å². The molecular formula is C21H27N3O4S. The predicted octanol–water partition coefficient (Wildman–Crippen LogP) is 3.14. The van der Waals surface area contributed by atoms with Gasteiger partial charge in [0.2, 0.25) is 5.91 Å². The molecule has 2 aromatic rings. The van der Waals surface area contributed by atoms with E-state index in [1.807, 2.05) is 0 Å². The number of fused-ring (bicyclic) bond motifs is 1. The number of rotatable bonds is 8. The quantitative estimate of drug-likeness (QED) is 0.404. The molecule has 1 aliphatic carbocycles. The van der Waals surface area contributed by atoms with Crippen LogP contribution in [0.5, 0.6) is 11.5 Å². The minimum Gasteiger partial charge on any atom is -0.493 e. The summed E-state index contributed by atoms with van der Waals surface area (Å²) in [7, 11) is 4.68. The van der Waals surface area contributed by atoms with Crippen molar-refractivity contribution in [1.29, 1.82) is 0 Å². The normalized spacial score (nSPS) is 13.8. The molecule has 1 amide bonds. The summed E-state index contributed by atoms with van der Waals surface area (Å²) in [5.41, 5.74) is 1.78. The van der Waals surface area contributed by atoms with Crippen molar-refractivity contribution in [2.45, 2.75) is 43.8 Å². The van der Waals surface area contributed by atoms with E-state index in [0.717, 1.165) is 19.3 Å². The molecule has 0 unspecified atom stereocenters. The Morgan fingerprint density at radius 1 is 1.24 bits per heavy atom. The summed E-state index contributed by atoms with van der Waals surface area (Å²) in [4.78, 5) is 29.7. The van der Waals surface area contributed by atoms with Crippen LogP contribution < -0.4 is 20.3 Å². The van der Waals surface area contributed by atoms with Gasteiger partial charge in [0.25, 0.3) is 5.56 Å². The van der Waals surface area contributed by atoms with E-state index in [4.69, 9.17) is 9.47 Å². The minimum atomic E-state index is -0.133. The Morgan fingerprint density at radius 2 is 2.00 bits per heavy atom. The number of allylic oxidation sites excluding steroid dienone is 2. The van der Waals surface area contributed by atoms with Crippen LogP contribution in [-0.2, 0) is 11.3 Å². The van der Waals surface area contributed by atoms with E-state index < -0.39 is 0 Å². The van der Waals surface area contributed by atoms with E-state index in [9.17, 15) is 9.59 Å². The van der Waals surface area contributed by atoms with Crippen LogP contribution in [0.3, 0.4) is 0 Å². The minimum absolute atomic E-state index is 0.113. The first-order valence-electron chi connectivity index (χ1n) is 9.75. The molecule has 1 aromatic carbocycles. The van der Waals surface area contributed by atoms with E-state index in [1.54, 1.807) is 38.0 Å². The molecule has 1 N–H and O–H groups in total. The summed E-state index contributed by atoms with van der Waals surface area (Å²) >= 11 is 1.27. The van der Waals surface area contributed by atoms with Crippen LogP contribution in [0, 0.1) is 0 Å². The fraction of sp³-hybridized carbons (Fsp3) is 0.476. The molecular weight excluding hydrogens is 390 g/mol. The molecule has 0 saturated carbocycles. The van der Waals surface area contributed by atoms with Crippen molar-refractivity contribution in [2.24, 2.45) is 0 Å². The van der Waals surface area contributed by atoms with E-state index >= 15 is 0 Å². The second-order valence-corrected chi connectivity index (χ2v) is 7.84. The van der Waals surface area contributed by atoms with Crippen LogP contribution >= 0.6 is 11.8 Å². The number of hydrogen-bond donors (Lipinski definition) is 1. The Kier molecular flexibility index (Phi) is 7.19. The van der Waals surface area contributed by atoms with E-state index in [1.165, 1.54) is 30.2 Å². The average Bonchev–Trinajstić information content (AvgIpc) is 2.76. The van der Waals surface area contributed by atoms with Gasteiger partial charge in [-0.15, -0.1) is 0 Å². The summed E-state index contributed by atoms with van der Waals surface area (Å²) in [6.07, 6.45) is 7.72. The van der Waals surface area contributed by atoms with E-state index in [0.29, 0.717) is 34.1 Å². The Balaban J connectivity index is 2.03. The molecule has 29 heavy (non-hydrogen) atoms. The number of thioether (sulfide) groups is 1. The van der Waals surface area contributed by atoms with Gasteiger partial charge >= 0.3 is 0 Å². The third-order valence-electron chi connectivity index (χ3n) is 5.08. The molecule has 3 rings (SSSR count). The van der Waals surface area contributed by atoms with Crippen molar-refractivity contribution < 1.29 is 14.3 Å². The number of aromatic nitrogens is 2. The maximum Gasteiger partial charge on any atom is 0.262 e. The molecule has 8 heteroatoms. The molecule has 7 nitrogen and oxygen atoms in total. The van der Waals surface area contributed by atoms with Gasteiger partial charge in [-0.1, -0.05) is 23.4 Å². The van der Waals surface area contributed by atoms with Crippen molar-refractivity contribution >= 4 is 28.6 Å². The highest BCUT2D eigenvalue weighted by molar-refractivity contribution is 7.99. The molecule has 1 aliphatic rings. The van der Waals surface area contributed by atoms with Crippen LogP contribution in [0.4, 0.5) is 0 Å². The Morgan fingerprint density at radius 3 is 2.66 bits per heavy atom. The van der Waals surface area contributed by atoms with E-state index in [-0.39, 0.29) is 17.2 Å². The number of benzene rings is 1. The Labute approximate surface area is 174 Å². The number of methoxy groups -OCH3 is 2. The lowest BCUT2D eigenvalue weighted by Crippen LogP contribution is -2.25. The summed E-state index contributed by atoms with van der Waals surface area (Å²) < 4.78 is 12.4. The zero-order chi connectivity index (χ0) is 20.8. The number of nitrogens with zero attached hydrogens (tertiary/aromatic N) is 2. The smallest absolute Gasteiger partial charge is 0.262 e. The number of ether oxygens (including phenoxy) is 2. The lowest BCUT2D eigenvalue weighted by molar-refractivity contribution is -0.118. The summed E-state index contributed by atoms with van der Waals surface area (Å²) in [6, 6.07) is 3.38. The number of carbonyl (C=O) groups is 1. The number of carbonyl (C=O) groups excluding carboxylic acids is 1. The molecule has 0 radical (unpaired) electrons. The SMILES string of the molecule is CNC(=O)CSc1nc2cc(OC)c(OC)cc2c(=O)n1CCC1=CCCCC1. The second-order valence-electron chi connectivity index (χ2n) is 6.90. The van der Waals surface area contributed by atoms with Crippen molar-refractivity contribution in [2.75, 3.05) is 27.0 Å². The summed E-state index contributed by atoms with van der Waals surface area (Å²) in [6.45, 7) is 0.540. The van der Waals surface area contributed by atoms with Crippen molar-refractivity contribution in [3.63, 3.8) is 0 Å². The lowest BCUT2D eigenvalue weighted by Gasteiger charge is -2.17. The standard InChI is InChI=1S/C21H27N3O4S/c1-22-19(25)13-29-21-23-16-12-18(28-3)17(27-2)11-15(16)20(26)24(21)10-9-14-7-5-4-6-8-14/h7,11-12H,4-6,8-10,13H2,1-3H3,(H,22,25). The van der Waals surface area contributed by atoms with Gasteiger partial charge < -0.3 is 14.8 Å². The fourth-order valence-electron chi connectivity index (χ4n) is 3.42. The van der Waals surface area contributed by atoms with Crippen molar-refractivity contribution in [1.82, 2.24) is 14.9 Å². The Hall–Kier alpha value is -2.48. The van der Waals surface area contributed by atoms with Gasteiger partial charge in [0.15, 0.2) is 16.7 Å². The maximum absolute atomic E-state index is 13.3. The first-order valence-corrected chi connectivity index (χ1v) is 10.7. The average molecular weight is 418 g/mol. The molecule has 0 aliphatic heterocycles. The van der Waals surface area contributed by atoms with Crippen LogP contribution in [0.1, 0.15) is 32.1 Å². The first-order chi connectivity index (χ1) is 14.1. The third-order valence-corrected chi connectivity index (χ3v) is 6.05. The highest BCUT2D eigenvalue weighted by Crippen LogP contribution is 2.31. The topological polar surface area (TPSA) is 82.5 Å². The highest BCUT2D eigenvalue weighted by Gasteiger charge is 2.17. The van der Waals surface area contributed by atoms with Gasteiger partial charge in [-0.2, -0.15) is 0 Å². The third kappa shape index (κ3) is 4.93. The zero-order valence-corrected chi connectivity index (χ0v) is 17.9. The van der Waals surface area contributed by atoms with Crippen molar-refractivity contribution in [3.8, 4) is 11.5 Å². The fourth-order valence-corrected chi connectivity index (χ4v) is 4.32. The first kappa shape index (κ1) is 21.2. The molecule has 1 heterocycles. The second kappa shape index (κ2) is 9.82. The largest absolute Gasteiger partial charge is 0.493 e. The summed E-state index contributed by atoms with van der Waals surface area (Å²) in [5, 5.41) is 3.62. The van der Waals surface area contributed by atoms with Crippen LogP contribution in [0.25, 0.3) is 10.9 Å². The predicted molar refractivity (Wildman–Crippen MR) is 115 cm³/mol. The number of hydrogen-bond acceptors (Lipinski definition) is 6. The van der Waals surface area contributed by atoms with Gasteiger partial charge in [-0.3, -0.25) is 14.2 Å². The number of amides is 1. The van der Waals surface area contributed by atoms with Gasteiger partial charge in [0, 0.05) is 19.7 Å². The van der Waals surface area contributed by atoms with Gasteiger partial charge in [-0.05, 0) is 38.2 Å². The molecule has 0 fully saturated rings. The monoisotopic (exact) mass is 417 g/mol. The van der Waals surface area contributed by atoms with Crippen LogP contribution in [0.2, 0.25) is 0 Å².